The first kappa shape index (κ1) is 18.1. The van der Waals surface area contributed by atoms with Crippen LogP contribution in [-0.4, -0.2) is 26.8 Å². The molecule has 1 unspecified atom stereocenters. The molecule has 0 amide bonds. The third-order valence-electron chi connectivity index (χ3n) is 2.77. The fraction of sp³-hybridized carbons (Fsp3) is 0.500. The van der Waals surface area contributed by atoms with Crippen LogP contribution in [0.2, 0.25) is 5.02 Å². The van der Waals surface area contributed by atoms with Gasteiger partial charge in [0.2, 0.25) is 10.0 Å². The monoisotopic (exact) mass is 344 g/mol. The number of sulfonamides is 1. The van der Waals surface area contributed by atoms with E-state index < -0.39 is 32.7 Å². The van der Waals surface area contributed by atoms with Gasteiger partial charge in [0.1, 0.15) is 0 Å². The second kappa shape index (κ2) is 6.85. The molecule has 0 bridgehead atoms. The smallest absolute Gasteiger partial charge is 0.316 e. The molecular formula is C12H16ClF3N2O2S. The first-order valence-corrected chi connectivity index (χ1v) is 8.10. The zero-order valence-electron chi connectivity index (χ0n) is 11.5. The first-order valence-electron chi connectivity index (χ1n) is 6.17. The van der Waals surface area contributed by atoms with E-state index in [9.17, 15) is 21.6 Å². The molecule has 120 valence electrons. The number of hydrogen-bond donors (Lipinski definition) is 2. The highest BCUT2D eigenvalue weighted by Crippen LogP contribution is 2.39. The van der Waals surface area contributed by atoms with E-state index in [4.69, 9.17) is 11.6 Å². The third-order valence-corrected chi connectivity index (χ3v) is 4.80. The van der Waals surface area contributed by atoms with Gasteiger partial charge >= 0.3 is 6.18 Å². The Kier molecular flexibility index (Phi) is 5.89. The molecule has 0 radical (unpaired) electrons. The number of halogens is 4. The van der Waals surface area contributed by atoms with E-state index >= 15 is 0 Å². The zero-order chi connectivity index (χ0) is 16.3. The molecule has 21 heavy (non-hydrogen) atoms. The number of benzene rings is 1. The van der Waals surface area contributed by atoms with E-state index in [2.05, 4.69) is 5.32 Å². The van der Waals surface area contributed by atoms with Gasteiger partial charge < -0.3 is 5.32 Å². The Morgan fingerprint density at radius 1 is 1.33 bits per heavy atom. The molecule has 1 atom stereocenters. The van der Waals surface area contributed by atoms with Gasteiger partial charge in [-0.1, -0.05) is 24.6 Å². The van der Waals surface area contributed by atoms with Crippen molar-refractivity contribution >= 4 is 27.3 Å². The quantitative estimate of drug-likeness (QED) is 0.833. The maximum absolute atomic E-state index is 12.9. The second-order valence-corrected chi connectivity index (χ2v) is 6.93. The van der Waals surface area contributed by atoms with Gasteiger partial charge in [-0.25, -0.2) is 8.42 Å². The van der Waals surface area contributed by atoms with Crippen LogP contribution in [0.4, 0.5) is 18.9 Å². The lowest BCUT2D eigenvalue weighted by Gasteiger charge is -2.19. The van der Waals surface area contributed by atoms with E-state index in [1.807, 2.05) is 4.72 Å². The summed E-state index contributed by atoms with van der Waals surface area (Å²) in [5.74, 6) is 0. The van der Waals surface area contributed by atoms with Gasteiger partial charge in [0.05, 0.1) is 21.5 Å². The van der Waals surface area contributed by atoms with Gasteiger partial charge in [-0.05, 0) is 25.6 Å². The molecule has 1 rings (SSSR count). The van der Waals surface area contributed by atoms with Crippen molar-refractivity contribution in [2.45, 2.75) is 25.3 Å². The molecule has 0 saturated carbocycles. The van der Waals surface area contributed by atoms with Gasteiger partial charge in [0, 0.05) is 6.54 Å². The van der Waals surface area contributed by atoms with Crippen molar-refractivity contribution in [1.82, 2.24) is 5.32 Å². The summed E-state index contributed by atoms with van der Waals surface area (Å²) in [6, 6.07) is 3.09. The second-order valence-electron chi connectivity index (χ2n) is 4.43. The molecule has 0 aliphatic heterocycles. The van der Waals surface area contributed by atoms with E-state index in [0.29, 0.717) is 6.54 Å². The minimum atomic E-state index is -4.70. The normalized spacial score (nSPS) is 14.0. The fourth-order valence-electron chi connectivity index (χ4n) is 1.56. The maximum Gasteiger partial charge on any atom is 0.418 e. The van der Waals surface area contributed by atoms with Crippen molar-refractivity contribution in [3.63, 3.8) is 0 Å². The van der Waals surface area contributed by atoms with E-state index in [1.165, 1.54) is 13.0 Å². The third kappa shape index (κ3) is 4.76. The zero-order valence-corrected chi connectivity index (χ0v) is 13.0. The first-order chi connectivity index (χ1) is 9.59. The van der Waals surface area contributed by atoms with Crippen molar-refractivity contribution in [2.75, 3.05) is 17.8 Å². The maximum atomic E-state index is 12.9. The molecule has 1 aromatic carbocycles. The predicted molar refractivity (Wildman–Crippen MR) is 77.0 cm³/mol. The Bertz CT molecular complexity index is 591. The lowest BCUT2D eigenvalue weighted by Crippen LogP contribution is -2.35. The van der Waals surface area contributed by atoms with Gasteiger partial charge in [-0.3, -0.25) is 4.72 Å². The van der Waals surface area contributed by atoms with Crippen LogP contribution in [0.15, 0.2) is 18.2 Å². The van der Waals surface area contributed by atoms with E-state index in [1.54, 1.807) is 6.92 Å². The molecule has 9 heteroatoms. The van der Waals surface area contributed by atoms with Crippen molar-refractivity contribution in [1.29, 1.82) is 0 Å². The van der Waals surface area contributed by atoms with Crippen molar-refractivity contribution in [3.05, 3.63) is 28.8 Å². The van der Waals surface area contributed by atoms with Gasteiger partial charge in [0.15, 0.2) is 0 Å². The molecule has 0 saturated heterocycles. The molecule has 4 nitrogen and oxygen atoms in total. The van der Waals surface area contributed by atoms with Gasteiger partial charge in [0.25, 0.3) is 0 Å². The lowest BCUT2D eigenvalue weighted by atomic mass is 10.2. The molecule has 0 spiro atoms. The van der Waals surface area contributed by atoms with Crippen LogP contribution in [-0.2, 0) is 16.2 Å². The van der Waals surface area contributed by atoms with Crippen molar-refractivity contribution in [2.24, 2.45) is 0 Å². The molecule has 0 fully saturated rings. The van der Waals surface area contributed by atoms with E-state index in [0.717, 1.165) is 12.1 Å². The van der Waals surface area contributed by atoms with Crippen LogP contribution in [0.25, 0.3) is 0 Å². The summed E-state index contributed by atoms with van der Waals surface area (Å²) < 4.78 is 64.8. The average molecular weight is 345 g/mol. The highest BCUT2D eigenvalue weighted by atomic mass is 35.5. The van der Waals surface area contributed by atoms with Crippen molar-refractivity contribution < 1.29 is 21.6 Å². The summed E-state index contributed by atoms with van der Waals surface area (Å²) in [4.78, 5) is 0. The van der Waals surface area contributed by atoms with Crippen LogP contribution < -0.4 is 10.0 Å². The van der Waals surface area contributed by atoms with Crippen LogP contribution in [0.1, 0.15) is 19.4 Å². The van der Waals surface area contributed by atoms with Gasteiger partial charge in [-0.2, -0.15) is 13.2 Å². The Morgan fingerprint density at radius 3 is 2.48 bits per heavy atom. The van der Waals surface area contributed by atoms with Crippen LogP contribution in [0.5, 0.6) is 0 Å². The topological polar surface area (TPSA) is 58.2 Å². The van der Waals surface area contributed by atoms with E-state index in [-0.39, 0.29) is 11.6 Å². The minimum absolute atomic E-state index is 0.123. The molecule has 0 aliphatic carbocycles. The SMILES string of the molecule is CCNCC(C)S(=O)(=O)Nc1c(Cl)cccc1C(F)(F)F. The molecule has 0 aromatic heterocycles. The number of para-hydroxylation sites is 1. The fourth-order valence-corrected chi connectivity index (χ4v) is 2.88. The summed E-state index contributed by atoms with van der Waals surface area (Å²) in [5.41, 5.74) is -1.76. The molecular weight excluding hydrogens is 329 g/mol. The largest absolute Gasteiger partial charge is 0.418 e. The lowest BCUT2D eigenvalue weighted by molar-refractivity contribution is -0.136. The summed E-state index contributed by atoms with van der Waals surface area (Å²) in [6.07, 6.45) is -4.70. The standard InChI is InChI=1S/C12H16ClF3N2O2S/c1-3-17-7-8(2)21(19,20)18-11-9(12(14,15)16)5-4-6-10(11)13/h4-6,8,17-18H,3,7H2,1-2H3. The molecule has 0 aliphatic rings. The Hall–Kier alpha value is -0.990. The number of alkyl halides is 3. The predicted octanol–water partition coefficient (Wildman–Crippen LogP) is 3.10. The summed E-state index contributed by atoms with van der Waals surface area (Å²) in [7, 11) is -3.99. The Balaban J connectivity index is 3.13. The number of hydrogen-bond acceptors (Lipinski definition) is 3. The number of nitrogens with one attached hydrogen (secondary N) is 2. The number of rotatable bonds is 6. The molecule has 0 heterocycles. The van der Waals surface area contributed by atoms with Gasteiger partial charge in [-0.15, -0.1) is 0 Å². The Morgan fingerprint density at radius 2 is 1.95 bits per heavy atom. The Labute approximate surface area is 126 Å². The summed E-state index contributed by atoms with van der Waals surface area (Å²) >= 11 is 5.71. The molecule has 2 N–H and O–H groups in total. The number of anilines is 1. The molecule has 1 aromatic rings. The average Bonchev–Trinajstić information content (AvgIpc) is 2.36. The van der Waals surface area contributed by atoms with Crippen LogP contribution in [0, 0.1) is 0 Å². The van der Waals surface area contributed by atoms with Crippen LogP contribution in [0.3, 0.4) is 0 Å². The highest BCUT2D eigenvalue weighted by molar-refractivity contribution is 7.93. The van der Waals surface area contributed by atoms with Crippen LogP contribution >= 0.6 is 11.6 Å². The summed E-state index contributed by atoms with van der Waals surface area (Å²) in [6.45, 7) is 3.87. The summed E-state index contributed by atoms with van der Waals surface area (Å²) in [5, 5.41) is 1.62. The van der Waals surface area contributed by atoms with Crippen molar-refractivity contribution in [3.8, 4) is 0 Å². The highest BCUT2D eigenvalue weighted by Gasteiger charge is 2.36. The minimum Gasteiger partial charge on any atom is -0.316 e.